The Bertz CT molecular complexity index is 1470. The van der Waals surface area contributed by atoms with Crippen LogP contribution in [0.2, 0.25) is 0 Å². The number of esters is 2. The van der Waals surface area contributed by atoms with E-state index < -0.39 is 53.5 Å². The quantitative estimate of drug-likeness (QED) is 0.221. The van der Waals surface area contributed by atoms with Crippen LogP contribution in [0.4, 0.5) is 4.39 Å². The fourth-order valence-corrected chi connectivity index (χ4v) is 3.97. The molecule has 190 valence electrons. The van der Waals surface area contributed by atoms with Gasteiger partial charge in [-0.3, -0.25) is 14.3 Å². The average molecular weight is 509 g/mol. The molecular weight excluding hydrogens is 489 g/mol. The third kappa shape index (κ3) is 4.99. The molecule has 13 heteroatoms. The Labute approximate surface area is 207 Å². The molecule has 1 N–H and O–H groups in total. The van der Waals surface area contributed by atoms with Crippen LogP contribution in [0, 0.1) is 0 Å². The Kier molecular flexibility index (Phi) is 6.92. The smallest absolute Gasteiger partial charge is 0.338 e. The van der Waals surface area contributed by atoms with Gasteiger partial charge in [-0.1, -0.05) is 41.5 Å². The zero-order valence-corrected chi connectivity index (χ0v) is 19.3. The third-order valence-corrected chi connectivity index (χ3v) is 5.74. The maximum absolute atomic E-state index is 16.5. The number of rotatable bonds is 7. The van der Waals surface area contributed by atoms with Gasteiger partial charge in [-0.15, -0.1) is 0 Å². The molecule has 37 heavy (non-hydrogen) atoms. The maximum atomic E-state index is 16.5. The number of hydrogen-bond donors (Lipinski definition) is 1. The molecule has 0 saturated carbocycles. The summed E-state index contributed by atoms with van der Waals surface area (Å²) in [5.41, 5.74) is 5.64. The summed E-state index contributed by atoms with van der Waals surface area (Å²) in [6, 6.07) is 16.3. The molecule has 1 saturated heterocycles. The Hall–Kier alpha value is -4.74. The number of carbonyl (C=O) groups excluding carboxylic acids is 2. The lowest BCUT2D eigenvalue weighted by atomic mass is 9.91. The Morgan fingerprint density at radius 1 is 1.08 bits per heavy atom. The monoisotopic (exact) mass is 509 g/mol. The van der Waals surface area contributed by atoms with Crippen molar-refractivity contribution < 1.29 is 28.2 Å². The second-order valence-electron chi connectivity index (χ2n) is 8.28. The van der Waals surface area contributed by atoms with Crippen LogP contribution in [0.25, 0.3) is 10.4 Å². The summed E-state index contributed by atoms with van der Waals surface area (Å²) < 4.78 is 33.4. The van der Waals surface area contributed by atoms with Crippen molar-refractivity contribution in [3.63, 3.8) is 0 Å². The number of nitrogens with zero attached hydrogens (tertiary/aromatic N) is 4. The second-order valence-corrected chi connectivity index (χ2v) is 8.28. The number of ether oxygens (including phenoxy) is 3. The molecule has 4 rings (SSSR count). The number of aromatic nitrogens is 2. The minimum absolute atomic E-state index is 0.0547. The van der Waals surface area contributed by atoms with E-state index in [4.69, 9.17) is 14.2 Å². The predicted octanol–water partition coefficient (Wildman–Crippen LogP) is 2.88. The predicted molar refractivity (Wildman–Crippen MR) is 125 cm³/mol. The molecule has 1 aliphatic rings. The molecule has 4 atom stereocenters. The van der Waals surface area contributed by atoms with E-state index in [9.17, 15) is 24.7 Å². The minimum atomic E-state index is -3.07. The van der Waals surface area contributed by atoms with Gasteiger partial charge in [0.2, 0.25) is 0 Å². The molecule has 1 aliphatic heterocycles. The first kappa shape index (κ1) is 25.4. The number of halogens is 1. The highest BCUT2D eigenvalue weighted by Gasteiger charge is 2.67. The van der Waals surface area contributed by atoms with Gasteiger partial charge in [0.25, 0.3) is 11.4 Å². The van der Waals surface area contributed by atoms with E-state index in [0.717, 1.165) is 16.8 Å². The van der Waals surface area contributed by atoms with Crippen molar-refractivity contribution >= 4 is 11.9 Å². The number of H-pyrrole nitrogens is 1. The van der Waals surface area contributed by atoms with E-state index in [1.165, 1.54) is 31.2 Å². The Morgan fingerprint density at radius 2 is 1.68 bits per heavy atom. The summed E-state index contributed by atoms with van der Waals surface area (Å²) in [5, 5.41) is 3.63. The largest absolute Gasteiger partial charge is 0.456 e. The summed E-state index contributed by atoms with van der Waals surface area (Å²) in [6.45, 7) is 0.122. The number of alkyl halides is 1. The number of nitrogens with one attached hydrogen (secondary N) is 1. The number of azide groups is 1. The van der Waals surface area contributed by atoms with Crippen LogP contribution >= 0.6 is 0 Å². The average Bonchev–Trinajstić information content (AvgIpc) is 3.10. The molecule has 2 heterocycles. The van der Waals surface area contributed by atoms with Gasteiger partial charge < -0.3 is 14.2 Å². The van der Waals surface area contributed by atoms with Gasteiger partial charge in [0.1, 0.15) is 5.54 Å². The second kappa shape index (κ2) is 10.1. The number of carbonyl (C=O) groups is 2. The van der Waals surface area contributed by atoms with Gasteiger partial charge in [-0.05, 0) is 36.7 Å². The van der Waals surface area contributed by atoms with Crippen molar-refractivity contribution in [1.82, 2.24) is 9.55 Å². The summed E-state index contributed by atoms with van der Waals surface area (Å²) in [4.78, 5) is 54.2. The van der Waals surface area contributed by atoms with Crippen LogP contribution < -0.4 is 11.2 Å². The van der Waals surface area contributed by atoms with Crippen molar-refractivity contribution in [2.24, 2.45) is 5.11 Å². The van der Waals surface area contributed by atoms with Crippen molar-refractivity contribution in [2.75, 3.05) is 6.61 Å². The van der Waals surface area contributed by atoms with E-state index in [1.54, 1.807) is 36.4 Å². The molecular formula is C24H20FN5O7. The van der Waals surface area contributed by atoms with E-state index in [0.29, 0.717) is 0 Å². The van der Waals surface area contributed by atoms with Gasteiger partial charge in [0.15, 0.2) is 18.9 Å². The fourth-order valence-electron chi connectivity index (χ4n) is 3.97. The van der Waals surface area contributed by atoms with Crippen LogP contribution in [-0.2, 0) is 14.2 Å². The van der Waals surface area contributed by atoms with Crippen LogP contribution in [0.3, 0.4) is 0 Å². The van der Waals surface area contributed by atoms with Gasteiger partial charge in [-0.25, -0.2) is 18.8 Å². The SMILES string of the molecule is CC1(N=[N+]=[N-])[C@H](n2ccc(=O)[nH]c2=O)O[C@](F)(COC(=O)c2ccccc2)[C@H]1OC(=O)c1ccccc1. The Balaban J connectivity index is 1.76. The summed E-state index contributed by atoms with van der Waals surface area (Å²) >= 11 is 0. The molecule has 0 radical (unpaired) electrons. The summed E-state index contributed by atoms with van der Waals surface area (Å²) in [6.07, 6.45) is -2.69. The highest BCUT2D eigenvalue weighted by atomic mass is 19.2. The molecule has 1 unspecified atom stereocenters. The van der Waals surface area contributed by atoms with E-state index >= 15 is 4.39 Å². The minimum Gasteiger partial charge on any atom is -0.456 e. The summed E-state index contributed by atoms with van der Waals surface area (Å²) in [5.74, 6) is -4.96. The standard InChI is InChI=1S/C24H20FN5O7/c1-23(28-29-26)20(36-19(33)16-10-6-3-7-11-16)24(25,14-35-18(32)15-8-4-2-5-9-15)37-21(23)30-13-12-17(31)27-22(30)34/h2-13,20-21H,14H2,1H3,(H,27,31,34)/t20-,21+,23?,24+/m0/s1. The fraction of sp³-hybridized carbons (Fsp3) is 0.250. The lowest BCUT2D eigenvalue weighted by molar-refractivity contribution is -0.208. The van der Waals surface area contributed by atoms with E-state index in [1.807, 2.05) is 4.98 Å². The van der Waals surface area contributed by atoms with Gasteiger partial charge in [0, 0.05) is 17.2 Å². The van der Waals surface area contributed by atoms with Crippen molar-refractivity contribution in [3.8, 4) is 0 Å². The lowest BCUT2D eigenvalue weighted by Gasteiger charge is -2.31. The normalized spacial score (nSPS) is 24.6. The van der Waals surface area contributed by atoms with Gasteiger partial charge >= 0.3 is 17.6 Å². The first-order valence-corrected chi connectivity index (χ1v) is 10.9. The van der Waals surface area contributed by atoms with Gasteiger partial charge in [0.05, 0.1) is 11.1 Å². The topological polar surface area (TPSA) is 165 Å². The van der Waals surface area contributed by atoms with Crippen LogP contribution in [0.15, 0.2) is 87.6 Å². The van der Waals surface area contributed by atoms with E-state index in [-0.39, 0.29) is 11.1 Å². The zero-order chi connectivity index (χ0) is 26.6. The highest BCUT2D eigenvalue weighted by Crippen LogP contribution is 2.49. The first-order chi connectivity index (χ1) is 17.7. The van der Waals surface area contributed by atoms with Crippen molar-refractivity contribution in [2.45, 2.75) is 30.6 Å². The Morgan fingerprint density at radius 3 is 2.24 bits per heavy atom. The van der Waals surface area contributed by atoms with Crippen LogP contribution in [0.1, 0.15) is 33.9 Å². The highest BCUT2D eigenvalue weighted by molar-refractivity contribution is 5.90. The molecule has 0 bridgehead atoms. The number of aromatic amines is 1. The van der Waals surface area contributed by atoms with Crippen LogP contribution in [-0.4, -0.2) is 45.6 Å². The molecule has 0 spiro atoms. The third-order valence-electron chi connectivity index (χ3n) is 5.74. The van der Waals surface area contributed by atoms with E-state index in [2.05, 4.69) is 10.0 Å². The van der Waals surface area contributed by atoms with Crippen molar-refractivity contribution in [3.05, 3.63) is 115 Å². The van der Waals surface area contributed by atoms with Crippen molar-refractivity contribution in [1.29, 1.82) is 0 Å². The van der Waals surface area contributed by atoms with Gasteiger partial charge in [-0.2, -0.15) is 0 Å². The molecule has 2 aromatic carbocycles. The summed E-state index contributed by atoms with van der Waals surface area (Å²) in [7, 11) is 0. The zero-order valence-electron chi connectivity index (χ0n) is 19.3. The molecule has 1 aromatic heterocycles. The number of benzene rings is 2. The van der Waals surface area contributed by atoms with Crippen LogP contribution in [0.5, 0.6) is 0 Å². The molecule has 12 nitrogen and oxygen atoms in total. The number of hydrogen-bond acceptors (Lipinski definition) is 8. The lowest BCUT2D eigenvalue weighted by Crippen LogP contribution is -2.51. The molecule has 1 fully saturated rings. The molecule has 0 amide bonds. The maximum Gasteiger partial charge on any atom is 0.338 e. The molecule has 3 aromatic rings. The molecule has 0 aliphatic carbocycles. The first-order valence-electron chi connectivity index (χ1n) is 10.9.